The topological polar surface area (TPSA) is 80.9 Å². The molecule has 27 heavy (non-hydrogen) atoms. The highest BCUT2D eigenvalue weighted by Crippen LogP contribution is 2.42. The summed E-state index contributed by atoms with van der Waals surface area (Å²) in [5.74, 6) is 1.34. The first kappa shape index (κ1) is 16.7. The van der Waals surface area contributed by atoms with Gasteiger partial charge in [-0.3, -0.25) is 9.38 Å². The van der Waals surface area contributed by atoms with Crippen LogP contribution in [0.25, 0.3) is 16.9 Å². The lowest BCUT2D eigenvalue weighted by molar-refractivity contribution is 0.340. The largest absolute Gasteiger partial charge is 0.502 e. The summed E-state index contributed by atoms with van der Waals surface area (Å²) in [6, 6.07) is 13.3. The van der Waals surface area contributed by atoms with Crippen LogP contribution in [0.3, 0.4) is 0 Å². The van der Waals surface area contributed by atoms with Crippen molar-refractivity contribution in [2.24, 2.45) is 0 Å². The van der Waals surface area contributed by atoms with Crippen molar-refractivity contribution in [1.29, 1.82) is 0 Å². The lowest BCUT2D eigenvalue weighted by Gasteiger charge is -2.12. The Morgan fingerprint density at radius 2 is 1.74 bits per heavy atom. The molecule has 7 heteroatoms. The Bertz CT molecular complexity index is 1070. The van der Waals surface area contributed by atoms with E-state index in [0.717, 1.165) is 17.1 Å². The van der Waals surface area contributed by atoms with Crippen molar-refractivity contribution in [2.45, 2.75) is 0 Å². The summed E-state index contributed by atoms with van der Waals surface area (Å²) in [6.07, 6.45) is 5.23. The molecule has 2 N–H and O–H groups in total. The van der Waals surface area contributed by atoms with Gasteiger partial charge in [-0.1, -0.05) is 18.2 Å². The summed E-state index contributed by atoms with van der Waals surface area (Å²) < 4.78 is 12.5. The average Bonchev–Trinajstić information content (AvgIpc) is 3.07. The number of benzene rings is 2. The van der Waals surface area contributed by atoms with E-state index < -0.39 is 0 Å². The van der Waals surface area contributed by atoms with E-state index in [1.165, 1.54) is 14.2 Å². The van der Waals surface area contributed by atoms with Crippen molar-refractivity contribution < 1.29 is 14.6 Å². The van der Waals surface area contributed by atoms with Crippen LogP contribution in [0.1, 0.15) is 0 Å². The maximum atomic E-state index is 10.2. The number of nitrogens with zero attached hydrogens (tertiary/aromatic N) is 3. The normalized spacial score (nSPS) is 10.7. The number of nitrogens with one attached hydrogen (secondary N) is 1. The molecule has 0 amide bonds. The monoisotopic (exact) mass is 362 g/mol. The van der Waals surface area contributed by atoms with Crippen LogP contribution in [0.15, 0.2) is 61.1 Å². The Morgan fingerprint density at radius 1 is 1.04 bits per heavy atom. The molecule has 136 valence electrons. The highest BCUT2D eigenvalue weighted by molar-refractivity contribution is 5.81. The number of rotatable bonds is 5. The van der Waals surface area contributed by atoms with Crippen LogP contribution >= 0.6 is 0 Å². The highest BCUT2D eigenvalue weighted by Gasteiger charge is 2.19. The Labute approximate surface area is 155 Å². The number of aromatic hydroxyl groups is 1. The third-order valence-electron chi connectivity index (χ3n) is 4.22. The molecule has 0 unspecified atom stereocenters. The number of anilines is 2. The zero-order valence-corrected chi connectivity index (χ0v) is 14.9. The number of phenols is 1. The highest BCUT2D eigenvalue weighted by atomic mass is 16.5. The van der Waals surface area contributed by atoms with E-state index in [2.05, 4.69) is 10.3 Å². The standard InChI is InChI=1S/C20H18N4O3/c1-26-15-10-13(11-16(27-2)19(15)25)18-20(22-14-6-4-3-5-7-14)24-9-8-21-12-17(24)23-18/h3-12,22,25H,1-2H3. The molecule has 7 nitrogen and oxygen atoms in total. The van der Waals surface area contributed by atoms with E-state index >= 15 is 0 Å². The second-order valence-electron chi connectivity index (χ2n) is 5.83. The fraction of sp³-hybridized carbons (Fsp3) is 0.100. The number of aromatic nitrogens is 3. The van der Waals surface area contributed by atoms with Crippen molar-refractivity contribution in [3.05, 3.63) is 61.1 Å². The molecule has 0 bridgehead atoms. The Morgan fingerprint density at radius 3 is 2.41 bits per heavy atom. The van der Waals surface area contributed by atoms with E-state index in [4.69, 9.17) is 14.5 Å². The number of para-hydroxylation sites is 1. The molecule has 0 aliphatic heterocycles. The van der Waals surface area contributed by atoms with E-state index in [-0.39, 0.29) is 5.75 Å². The Kier molecular flexibility index (Phi) is 4.25. The van der Waals surface area contributed by atoms with Gasteiger partial charge in [-0.25, -0.2) is 4.98 Å². The number of phenolic OH excluding ortho intramolecular Hbond substituents is 1. The van der Waals surface area contributed by atoms with E-state index in [1.807, 2.05) is 40.9 Å². The summed E-state index contributed by atoms with van der Waals surface area (Å²) in [4.78, 5) is 8.85. The van der Waals surface area contributed by atoms with Crippen molar-refractivity contribution in [3.63, 3.8) is 0 Å². The third kappa shape index (κ3) is 2.99. The second kappa shape index (κ2) is 6.87. The number of hydrogen-bond donors (Lipinski definition) is 2. The van der Waals surface area contributed by atoms with E-state index in [1.54, 1.807) is 24.5 Å². The van der Waals surface area contributed by atoms with Crippen LogP contribution in [0.4, 0.5) is 11.5 Å². The predicted octanol–water partition coefficient (Wildman–Crippen LogP) is 3.86. The van der Waals surface area contributed by atoms with Gasteiger partial charge in [0.2, 0.25) is 5.75 Å². The minimum atomic E-state index is -0.0493. The fourth-order valence-corrected chi connectivity index (χ4v) is 2.92. The van der Waals surface area contributed by atoms with Crippen LogP contribution in [-0.4, -0.2) is 33.7 Å². The fourth-order valence-electron chi connectivity index (χ4n) is 2.92. The van der Waals surface area contributed by atoms with Crippen molar-refractivity contribution in [3.8, 4) is 28.5 Å². The molecular formula is C20H18N4O3. The number of imidazole rings is 1. The van der Waals surface area contributed by atoms with Gasteiger partial charge in [-0.15, -0.1) is 0 Å². The first-order valence-corrected chi connectivity index (χ1v) is 8.30. The summed E-state index contributed by atoms with van der Waals surface area (Å²) in [6.45, 7) is 0. The first-order chi connectivity index (χ1) is 13.2. The van der Waals surface area contributed by atoms with Gasteiger partial charge in [-0.2, -0.15) is 0 Å². The number of ether oxygens (including phenoxy) is 2. The molecule has 0 atom stereocenters. The van der Waals surface area contributed by atoms with Crippen molar-refractivity contribution >= 4 is 17.2 Å². The van der Waals surface area contributed by atoms with Gasteiger partial charge < -0.3 is 19.9 Å². The number of methoxy groups -OCH3 is 2. The SMILES string of the molecule is COc1cc(-c2nc3cnccn3c2Nc2ccccc2)cc(OC)c1O. The van der Waals surface area contributed by atoms with Gasteiger partial charge in [0.25, 0.3) is 0 Å². The second-order valence-corrected chi connectivity index (χ2v) is 5.83. The van der Waals surface area contributed by atoms with Gasteiger partial charge in [0.05, 0.1) is 20.4 Å². The minimum Gasteiger partial charge on any atom is -0.502 e. The van der Waals surface area contributed by atoms with Crippen molar-refractivity contribution in [2.75, 3.05) is 19.5 Å². The zero-order valence-electron chi connectivity index (χ0n) is 14.9. The molecule has 0 saturated carbocycles. The van der Waals surface area contributed by atoms with Crippen LogP contribution in [0.2, 0.25) is 0 Å². The lowest BCUT2D eigenvalue weighted by atomic mass is 10.1. The predicted molar refractivity (Wildman–Crippen MR) is 103 cm³/mol. The van der Waals surface area contributed by atoms with Gasteiger partial charge in [0.1, 0.15) is 11.5 Å². The molecule has 4 rings (SSSR count). The molecular weight excluding hydrogens is 344 g/mol. The Balaban J connectivity index is 1.93. The molecule has 0 aliphatic carbocycles. The van der Waals surface area contributed by atoms with Crippen LogP contribution in [0.5, 0.6) is 17.2 Å². The molecule has 0 fully saturated rings. The van der Waals surface area contributed by atoms with Gasteiger partial charge in [-0.05, 0) is 24.3 Å². The quantitative estimate of drug-likeness (QED) is 0.561. The van der Waals surface area contributed by atoms with Gasteiger partial charge >= 0.3 is 0 Å². The molecule has 0 spiro atoms. The molecule has 0 aliphatic rings. The average molecular weight is 362 g/mol. The maximum absolute atomic E-state index is 10.2. The van der Waals surface area contributed by atoms with Crippen LogP contribution < -0.4 is 14.8 Å². The maximum Gasteiger partial charge on any atom is 0.200 e. The van der Waals surface area contributed by atoms with Gasteiger partial charge in [0.15, 0.2) is 17.1 Å². The minimum absolute atomic E-state index is 0.0493. The lowest BCUT2D eigenvalue weighted by Crippen LogP contribution is -1.97. The molecule has 4 aromatic rings. The van der Waals surface area contributed by atoms with Crippen LogP contribution in [-0.2, 0) is 0 Å². The summed E-state index contributed by atoms with van der Waals surface area (Å²) in [7, 11) is 2.99. The smallest absolute Gasteiger partial charge is 0.200 e. The summed E-state index contributed by atoms with van der Waals surface area (Å²) in [5, 5.41) is 13.6. The third-order valence-corrected chi connectivity index (χ3v) is 4.22. The molecule has 0 radical (unpaired) electrons. The first-order valence-electron chi connectivity index (χ1n) is 8.30. The van der Waals surface area contributed by atoms with Crippen LogP contribution in [0, 0.1) is 0 Å². The summed E-state index contributed by atoms with van der Waals surface area (Å²) >= 11 is 0. The number of fused-ring (bicyclic) bond motifs is 1. The number of hydrogen-bond acceptors (Lipinski definition) is 6. The van der Waals surface area contributed by atoms with Crippen molar-refractivity contribution in [1.82, 2.24) is 14.4 Å². The molecule has 2 aromatic carbocycles. The molecule has 2 aromatic heterocycles. The molecule has 0 saturated heterocycles. The zero-order chi connectivity index (χ0) is 18.8. The van der Waals surface area contributed by atoms with E-state index in [0.29, 0.717) is 22.8 Å². The molecule has 2 heterocycles. The Hall–Kier alpha value is -3.74. The summed E-state index contributed by atoms with van der Waals surface area (Å²) in [5.41, 5.74) is 3.04. The van der Waals surface area contributed by atoms with E-state index in [9.17, 15) is 5.11 Å². The van der Waals surface area contributed by atoms with Gasteiger partial charge in [0, 0.05) is 23.6 Å².